The van der Waals surface area contributed by atoms with E-state index in [1.165, 1.54) is 13.8 Å². The van der Waals surface area contributed by atoms with Crippen molar-refractivity contribution in [3.63, 3.8) is 0 Å². The first-order valence-electron chi connectivity index (χ1n) is 8.03. The van der Waals surface area contributed by atoms with Crippen molar-refractivity contribution < 1.29 is 23.5 Å². The predicted molar refractivity (Wildman–Crippen MR) is 91.1 cm³/mol. The van der Waals surface area contributed by atoms with Crippen molar-refractivity contribution in [1.82, 2.24) is 15.1 Å². The number of aliphatic carboxylic acids is 1. The van der Waals surface area contributed by atoms with Crippen LogP contribution >= 0.6 is 0 Å². The number of aryl methyl sites for hydroxylation is 3. The first kappa shape index (κ1) is 19.6. The number of alkyl halides is 2. The quantitative estimate of drug-likeness (QED) is 0.824. The van der Waals surface area contributed by atoms with Crippen LogP contribution in [-0.2, 0) is 16.0 Å². The summed E-state index contributed by atoms with van der Waals surface area (Å²) in [5, 5.41) is 15.7. The first-order valence-corrected chi connectivity index (χ1v) is 8.03. The van der Waals surface area contributed by atoms with Gasteiger partial charge < -0.3 is 10.4 Å². The van der Waals surface area contributed by atoms with Gasteiger partial charge in [-0.15, -0.1) is 0 Å². The zero-order chi connectivity index (χ0) is 19.6. The number of carbonyl (C=O) groups excluding carboxylic acids is 1. The van der Waals surface area contributed by atoms with Crippen LogP contribution in [0.15, 0.2) is 18.2 Å². The highest BCUT2D eigenvalue weighted by Crippen LogP contribution is 2.21. The summed E-state index contributed by atoms with van der Waals surface area (Å²) < 4.78 is 26.3. The van der Waals surface area contributed by atoms with Crippen LogP contribution in [0.4, 0.5) is 8.78 Å². The molecule has 0 aliphatic rings. The molecule has 1 aromatic heterocycles. The van der Waals surface area contributed by atoms with Crippen molar-refractivity contribution in [1.29, 1.82) is 0 Å². The molecule has 0 aliphatic carbocycles. The van der Waals surface area contributed by atoms with Crippen molar-refractivity contribution in [2.75, 3.05) is 0 Å². The number of carboxylic acids is 1. The van der Waals surface area contributed by atoms with Crippen molar-refractivity contribution in [3.05, 3.63) is 51.8 Å². The molecule has 1 atom stereocenters. The van der Waals surface area contributed by atoms with Gasteiger partial charge in [0.05, 0.1) is 12.1 Å². The van der Waals surface area contributed by atoms with Gasteiger partial charge in [-0.1, -0.05) is 29.3 Å². The third kappa shape index (κ3) is 4.25. The molecule has 8 heteroatoms. The minimum absolute atomic E-state index is 0.186. The topological polar surface area (TPSA) is 84.2 Å². The zero-order valence-electron chi connectivity index (χ0n) is 15.0. The molecule has 0 bridgehead atoms. The van der Waals surface area contributed by atoms with Crippen LogP contribution in [0.1, 0.15) is 46.2 Å². The third-order valence-electron chi connectivity index (χ3n) is 4.13. The Morgan fingerprint density at radius 1 is 1.15 bits per heavy atom. The summed E-state index contributed by atoms with van der Waals surface area (Å²) >= 11 is 0. The van der Waals surface area contributed by atoms with Crippen LogP contribution in [0.2, 0.25) is 0 Å². The summed E-state index contributed by atoms with van der Waals surface area (Å²) in [6.45, 7) is 3.86. The molecule has 1 heterocycles. The molecule has 1 amide bonds. The lowest BCUT2D eigenvalue weighted by molar-refractivity contribution is -0.141. The number of aromatic nitrogens is 2. The molecular weight excluding hydrogens is 344 g/mol. The van der Waals surface area contributed by atoms with Gasteiger partial charge >= 0.3 is 12.5 Å². The average Bonchev–Trinajstić information content (AvgIpc) is 2.79. The molecule has 0 aliphatic heterocycles. The molecule has 26 heavy (non-hydrogen) atoms. The Bertz CT molecular complexity index is 826. The van der Waals surface area contributed by atoms with Crippen molar-refractivity contribution in [3.8, 4) is 0 Å². The number of nitrogens with zero attached hydrogens (tertiary/aromatic N) is 2. The van der Waals surface area contributed by atoms with Crippen LogP contribution in [0.5, 0.6) is 0 Å². The Kier molecular flexibility index (Phi) is 5.74. The SMILES string of the molecule is Cc1cc(C)cc(C(NC(=O)Cc2c(C)nn(C(F)F)c2C)C(=O)O)c1. The van der Waals surface area contributed by atoms with E-state index in [2.05, 4.69) is 10.4 Å². The van der Waals surface area contributed by atoms with E-state index in [0.717, 1.165) is 11.1 Å². The summed E-state index contributed by atoms with van der Waals surface area (Å²) in [5.41, 5.74) is 3.09. The van der Waals surface area contributed by atoms with E-state index in [1.54, 1.807) is 12.1 Å². The fourth-order valence-corrected chi connectivity index (χ4v) is 2.98. The first-order chi connectivity index (χ1) is 12.1. The molecule has 0 saturated carbocycles. The molecule has 2 N–H and O–H groups in total. The minimum Gasteiger partial charge on any atom is -0.479 e. The largest absolute Gasteiger partial charge is 0.479 e. The highest BCUT2D eigenvalue weighted by Gasteiger charge is 2.25. The van der Waals surface area contributed by atoms with Gasteiger partial charge in [-0.2, -0.15) is 13.9 Å². The normalized spacial score (nSPS) is 12.3. The molecule has 0 spiro atoms. The van der Waals surface area contributed by atoms with Gasteiger partial charge in [-0.05, 0) is 33.3 Å². The highest BCUT2D eigenvalue weighted by atomic mass is 19.3. The van der Waals surface area contributed by atoms with E-state index in [0.29, 0.717) is 21.5 Å². The maximum Gasteiger partial charge on any atom is 0.333 e. The van der Waals surface area contributed by atoms with Crippen LogP contribution in [0.25, 0.3) is 0 Å². The molecule has 1 aromatic carbocycles. The molecule has 1 unspecified atom stereocenters. The van der Waals surface area contributed by atoms with Crippen LogP contribution in [-0.4, -0.2) is 26.8 Å². The van der Waals surface area contributed by atoms with E-state index < -0.39 is 24.5 Å². The number of amides is 1. The summed E-state index contributed by atoms with van der Waals surface area (Å²) in [6.07, 6.45) is -0.223. The fraction of sp³-hybridized carbons (Fsp3) is 0.389. The Balaban J connectivity index is 2.23. The Labute approximate surface area is 149 Å². The van der Waals surface area contributed by atoms with Gasteiger partial charge in [-0.3, -0.25) is 4.79 Å². The number of nitrogens with one attached hydrogen (secondary N) is 1. The number of rotatable bonds is 6. The van der Waals surface area contributed by atoms with Crippen LogP contribution in [0, 0.1) is 27.7 Å². The number of hydrogen-bond donors (Lipinski definition) is 2. The zero-order valence-corrected chi connectivity index (χ0v) is 15.0. The number of carbonyl (C=O) groups is 2. The van der Waals surface area contributed by atoms with Gasteiger partial charge in [0.2, 0.25) is 5.91 Å². The Hall–Kier alpha value is -2.77. The number of hydrogen-bond acceptors (Lipinski definition) is 3. The molecule has 0 saturated heterocycles. The summed E-state index contributed by atoms with van der Waals surface area (Å²) in [5.74, 6) is -1.77. The number of carboxylic acid groups (broad SMARTS) is 1. The lowest BCUT2D eigenvalue weighted by Crippen LogP contribution is -2.35. The van der Waals surface area contributed by atoms with E-state index in [1.807, 2.05) is 19.9 Å². The highest BCUT2D eigenvalue weighted by molar-refractivity contribution is 5.86. The number of benzene rings is 1. The standard InChI is InChI=1S/C18H21F2N3O3/c1-9-5-10(2)7-13(6-9)16(17(25)26)21-15(24)8-14-11(3)22-23(12(14)4)18(19)20/h5-7,16,18H,8H2,1-4H3,(H,21,24)(H,25,26). The third-order valence-corrected chi connectivity index (χ3v) is 4.13. The average molecular weight is 365 g/mol. The molecular formula is C18H21F2N3O3. The van der Waals surface area contributed by atoms with E-state index in [9.17, 15) is 23.5 Å². The van der Waals surface area contributed by atoms with Crippen LogP contribution < -0.4 is 5.32 Å². The second kappa shape index (κ2) is 7.63. The second-order valence-corrected chi connectivity index (χ2v) is 6.31. The van der Waals surface area contributed by atoms with E-state index in [-0.39, 0.29) is 12.1 Å². The summed E-state index contributed by atoms with van der Waals surface area (Å²) in [6, 6.07) is 4.07. The van der Waals surface area contributed by atoms with Gasteiger partial charge in [0.25, 0.3) is 0 Å². The fourth-order valence-electron chi connectivity index (χ4n) is 2.98. The molecule has 0 radical (unpaired) electrons. The Morgan fingerprint density at radius 2 is 1.73 bits per heavy atom. The van der Waals surface area contributed by atoms with Gasteiger partial charge in [-0.25, -0.2) is 9.48 Å². The van der Waals surface area contributed by atoms with E-state index in [4.69, 9.17) is 0 Å². The van der Waals surface area contributed by atoms with Gasteiger partial charge in [0.15, 0.2) is 6.04 Å². The smallest absolute Gasteiger partial charge is 0.333 e. The predicted octanol–water partition coefficient (Wildman–Crippen LogP) is 3.00. The minimum atomic E-state index is -2.80. The molecule has 0 fully saturated rings. The van der Waals surface area contributed by atoms with Gasteiger partial charge in [0.1, 0.15) is 0 Å². The molecule has 2 aromatic rings. The van der Waals surface area contributed by atoms with E-state index >= 15 is 0 Å². The maximum absolute atomic E-state index is 12.9. The lowest BCUT2D eigenvalue weighted by Gasteiger charge is -2.16. The lowest BCUT2D eigenvalue weighted by atomic mass is 10.0. The maximum atomic E-state index is 12.9. The molecule has 2 rings (SSSR count). The van der Waals surface area contributed by atoms with Crippen LogP contribution in [0.3, 0.4) is 0 Å². The van der Waals surface area contributed by atoms with Crippen molar-refractivity contribution in [2.45, 2.75) is 46.7 Å². The summed E-state index contributed by atoms with van der Waals surface area (Å²) in [4.78, 5) is 24.0. The monoisotopic (exact) mass is 365 g/mol. The molecule has 6 nitrogen and oxygen atoms in total. The summed E-state index contributed by atoms with van der Waals surface area (Å²) in [7, 11) is 0. The van der Waals surface area contributed by atoms with Gasteiger partial charge in [0, 0.05) is 11.3 Å². The second-order valence-electron chi connectivity index (χ2n) is 6.31. The molecule has 140 valence electrons. The van der Waals surface area contributed by atoms with Crippen molar-refractivity contribution >= 4 is 11.9 Å². The Morgan fingerprint density at radius 3 is 2.19 bits per heavy atom. The van der Waals surface area contributed by atoms with Crippen molar-refractivity contribution in [2.24, 2.45) is 0 Å². The number of halogens is 2.